The van der Waals surface area contributed by atoms with E-state index in [1.165, 1.54) is 68.9 Å². The van der Waals surface area contributed by atoms with Crippen LogP contribution < -0.4 is 0 Å². The summed E-state index contributed by atoms with van der Waals surface area (Å²) in [6.45, 7) is 4.31. The molecule has 0 radical (unpaired) electrons. The van der Waals surface area contributed by atoms with E-state index in [9.17, 15) is 0 Å². The maximum Gasteiger partial charge on any atom is -0.0228 e. The molecule has 1 saturated carbocycles. The molecule has 1 atom stereocenters. The lowest BCUT2D eigenvalue weighted by atomic mass is 9.70. The summed E-state index contributed by atoms with van der Waals surface area (Å²) in [6.07, 6.45) is 19.7. The van der Waals surface area contributed by atoms with Gasteiger partial charge in [-0.15, -0.1) is 0 Å². The summed E-state index contributed by atoms with van der Waals surface area (Å²) in [7, 11) is 0. The van der Waals surface area contributed by atoms with Gasteiger partial charge >= 0.3 is 0 Å². The van der Waals surface area contributed by atoms with Gasteiger partial charge in [0.05, 0.1) is 0 Å². The third-order valence-electron chi connectivity index (χ3n) is 6.41. The summed E-state index contributed by atoms with van der Waals surface area (Å²) in [5.41, 5.74) is 4.40. The maximum atomic E-state index is 2.55. The zero-order valence-corrected chi connectivity index (χ0v) is 15.6. The highest BCUT2D eigenvalue weighted by molar-refractivity contribution is 5.66. The van der Waals surface area contributed by atoms with Gasteiger partial charge in [-0.3, -0.25) is 0 Å². The Hall–Kier alpha value is -1.30. The number of benzene rings is 1. The molecule has 0 amide bonds. The predicted molar refractivity (Wildman–Crippen MR) is 106 cm³/mol. The molecule has 1 aromatic rings. The smallest absolute Gasteiger partial charge is 0.0228 e. The Balaban J connectivity index is 1.48. The third kappa shape index (κ3) is 4.62. The van der Waals surface area contributed by atoms with E-state index < -0.39 is 0 Å². The molecular formula is C24H34. The number of aryl methyl sites for hydroxylation is 1. The summed E-state index contributed by atoms with van der Waals surface area (Å²) >= 11 is 0. The van der Waals surface area contributed by atoms with Crippen LogP contribution in [0.4, 0.5) is 0 Å². The Bertz CT molecular complexity index is 552. The molecule has 0 heterocycles. The van der Waals surface area contributed by atoms with Crippen LogP contribution in [0, 0.1) is 24.7 Å². The molecule has 0 aliphatic heterocycles. The molecule has 0 spiro atoms. The normalized spacial score (nSPS) is 28.1. The second-order valence-electron chi connectivity index (χ2n) is 8.06. The lowest BCUT2D eigenvalue weighted by molar-refractivity contribution is 0.190. The lowest BCUT2D eigenvalue weighted by Gasteiger charge is -2.35. The molecule has 0 saturated heterocycles. The standard InChI is InChI=1S/C24H34/c1-3-4-5-6-20-9-13-22(14-10-20)24-17-15-23(16-18-24)21-11-7-19(2)8-12-21/h3-4,7-8,11-12,15,20,22,24H,5-6,9-10,13-14,16-18H2,1-2H3/b4-3+. The van der Waals surface area contributed by atoms with Gasteiger partial charge in [-0.1, -0.05) is 60.9 Å². The quantitative estimate of drug-likeness (QED) is 0.497. The van der Waals surface area contributed by atoms with Crippen molar-refractivity contribution in [1.82, 2.24) is 0 Å². The van der Waals surface area contributed by atoms with Gasteiger partial charge in [-0.25, -0.2) is 0 Å². The molecule has 0 aromatic heterocycles. The van der Waals surface area contributed by atoms with Crippen LogP contribution in [0.2, 0.25) is 0 Å². The lowest BCUT2D eigenvalue weighted by Crippen LogP contribution is -2.23. The van der Waals surface area contributed by atoms with Gasteiger partial charge in [0.1, 0.15) is 0 Å². The zero-order valence-electron chi connectivity index (χ0n) is 15.6. The average molecular weight is 323 g/mol. The molecule has 0 N–H and O–H groups in total. The van der Waals surface area contributed by atoms with Gasteiger partial charge in [-0.05, 0) is 87.7 Å². The van der Waals surface area contributed by atoms with Crippen LogP contribution in [0.1, 0.15) is 75.8 Å². The van der Waals surface area contributed by atoms with Crippen LogP contribution >= 0.6 is 0 Å². The Morgan fingerprint density at radius 1 is 0.958 bits per heavy atom. The zero-order chi connectivity index (χ0) is 16.8. The van der Waals surface area contributed by atoms with Crippen molar-refractivity contribution in [1.29, 1.82) is 0 Å². The van der Waals surface area contributed by atoms with E-state index in [0.717, 1.165) is 17.8 Å². The molecule has 1 fully saturated rings. The highest BCUT2D eigenvalue weighted by Crippen LogP contribution is 2.42. The molecule has 2 aliphatic carbocycles. The van der Waals surface area contributed by atoms with Crippen LogP contribution in [0.3, 0.4) is 0 Å². The molecule has 3 rings (SSSR count). The average Bonchev–Trinajstić information content (AvgIpc) is 2.63. The number of allylic oxidation sites excluding steroid dienone is 4. The Kier molecular flexibility index (Phi) is 6.35. The fourth-order valence-corrected chi connectivity index (χ4v) is 4.76. The van der Waals surface area contributed by atoms with Crippen molar-refractivity contribution >= 4 is 5.57 Å². The van der Waals surface area contributed by atoms with Gasteiger partial charge < -0.3 is 0 Å². The molecule has 2 aliphatic rings. The Morgan fingerprint density at radius 2 is 1.71 bits per heavy atom. The first kappa shape index (κ1) is 17.5. The number of hydrogen-bond acceptors (Lipinski definition) is 0. The van der Waals surface area contributed by atoms with Gasteiger partial charge in [0.15, 0.2) is 0 Å². The molecule has 0 heteroatoms. The minimum Gasteiger partial charge on any atom is -0.0917 e. The van der Waals surface area contributed by atoms with E-state index in [-0.39, 0.29) is 0 Å². The Labute approximate surface area is 149 Å². The van der Waals surface area contributed by atoms with E-state index >= 15 is 0 Å². The molecule has 1 unspecified atom stereocenters. The third-order valence-corrected chi connectivity index (χ3v) is 6.41. The van der Waals surface area contributed by atoms with Crippen LogP contribution in [-0.4, -0.2) is 0 Å². The first-order chi connectivity index (χ1) is 11.8. The second kappa shape index (κ2) is 8.70. The van der Waals surface area contributed by atoms with Crippen molar-refractivity contribution in [3.63, 3.8) is 0 Å². The van der Waals surface area contributed by atoms with E-state index in [1.54, 1.807) is 5.57 Å². The highest BCUT2D eigenvalue weighted by atomic mass is 14.3. The predicted octanol–water partition coefficient (Wildman–Crippen LogP) is 7.34. The van der Waals surface area contributed by atoms with Gasteiger partial charge in [0, 0.05) is 0 Å². The summed E-state index contributed by atoms with van der Waals surface area (Å²) in [4.78, 5) is 0. The first-order valence-electron chi connectivity index (χ1n) is 10.1. The van der Waals surface area contributed by atoms with Gasteiger partial charge in [0.25, 0.3) is 0 Å². The number of rotatable bonds is 5. The molecule has 1 aromatic carbocycles. The summed E-state index contributed by atoms with van der Waals surface area (Å²) < 4.78 is 0. The maximum absolute atomic E-state index is 2.55. The highest BCUT2D eigenvalue weighted by Gasteiger charge is 2.28. The largest absolute Gasteiger partial charge is 0.0917 e. The SMILES string of the molecule is C/C=C/CCC1CCC(C2CC=C(c3ccc(C)cc3)CC2)CC1. The van der Waals surface area contributed by atoms with E-state index in [0.29, 0.717) is 0 Å². The minimum absolute atomic E-state index is 0.954. The van der Waals surface area contributed by atoms with Crippen LogP contribution in [0.5, 0.6) is 0 Å². The topological polar surface area (TPSA) is 0 Å². The molecule has 130 valence electrons. The molecule has 0 bridgehead atoms. The first-order valence-corrected chi connectivity index (χ1v) is 10.1. The van der Waals surface area contributed by atoms with Crippen molar-refractivity contribution in [3.8, 4) is 0 Å². The molecule has 0 nitrogen and oxygen atoms in total. The summed E-state index contributed by atoms with van der Waals surface area (Å²) in [5.74, 6) is 2.95. The van der Waals surface area contributed by atoms with E-state index in [1.807, 2.05) is 0 Å². The van der Waals surface area contributed by atoms with Crippen molar-refractivity contribution in [3.05, 3.63) is 53.6 Å². The second-order valence-corrected chi connectivity index (χ2v) is 8.06. The Morgan fingerprint density at radius 3 is 2.33 bits per heavy atom. The summed E-state index contributed by atoms with van der Waals surface area (Å²) in [5, 5.41) is 0. The van der Waals surface area contributed by atoms with Gasteiger partial charge in [0.2, 0.25) is 0 Å². The van der Waals surface area contributed by atoms with Crippen molar-refractivity contribution < 1.29 is 0 Å². The fourth-order valence-electron chi connectivity index (χ4n) is 4.76. The van der Waals surface area contributed by atoms with Crippen molar-refractivity contribution in [2.24, 2.45) is 17.8 Å². The molecular weight excluding hydrogens is 288 g/mol. The van der Waals surface area contributed by atoms with Crippen molar-refractivity contribution in [2.75, 3.05) is 0 Å². The monoisotopic (exact) mass is 322 g/mol. The van der Waals surface area contributed by atoms with E-state index in [4.69, 9.17) is 0 Å². The summed E-state index contributed by atoms with van der Waals surface area (Å²) in [6, 6.07) is 9.10. The van der Waals surface area contributed by atoms with Crippen LogP contribution in [0.15, 0.2) is 42.5 Å². The van der Waals surface area contributed by atoms with Crippen LogP contribution in [-0.2, 0) is 0 Å². The molecule has 24 heavy (non-hydrogen) atoms. The van der Waals surface area contributed by atoms with Gasteiger partial charge in [-0.2, -0.15) is 0 Å². The fraction of sp³-hybridized carbons (Fsp3) is 0.583. The minimum atomic E-state index is 0.954. The van der Waals surface area contributed by atoms with Crippen LogP contribution in [0.25, 0.3) is 5.57 Å². The number of hydrogen-bond donors (Lipinski definition) is 0. The van der Waals surface area contributed by atoms with Crippen molar-refractivity contribution in [2.45, 2.75) is 71.6 Å². The van der Waals surface area contributed by atoms with E-state index in [2.05, 4.69) is 56.3 Å².